The van der Waals surface area contributed by atoms with Crippen LogP contribution in [0.1, 0.15) is 42.1 Å². The SMILES string of the molecule is CCOC(=O)c1n[nH]c(C2CCCNC2)n1. The largest absolute Gasteiger partial charge is 0.460 e. The Bertz CT molecular complexity index is 357. The van der Waals surface area contributed by atoms with Gasteiger partial charge in [-0.15, -0.1) is 5.10 Å². The molecule has 0 bridgehead atoms. The summed E-state index contributed by atoms with van der Waals surface area (Å²) in [5, 5.41) is 9.98. The summed E-state index contributed by atoms with van der Waals surface area (Å²) in [5.41, 5.74) is 0. The van der Waals surface area contributed by atoms with Crippen molar-refractivity contribution >= 4 is 5.97 Å². The van der Waals surface area contributed by atoms with E-state index >= 15 is 0 Å². The summed E-state index contributed by atoms with van der Waals surface area (Å²) in [6, 6.07) is 0. The number of piperidine rings is 1. The van der Waals surface area contributed by atoms with Crippen LogP contribution in [0.15, 0.2) is 0 Å². The number of nitrogens with one attached hydrogen (secondary N) is 2. The highest BCUT2D eigenvalue weighted by Crippen LogP contribution is 2.19. The third-order valence-corrected chi connectivity index (χ3v) is 2.64. The number of aromatic amines is 1. The third-order valence-electron chi connectivity index (χ3n) is 2.64. The van der Waals surface area contributed by atoms with E-state index in [1.165, 1.54) is 0 Å². The van der Waals surface area contributed by atoms with Gasteiger partial charge in [-0.2, -0.15) is 0 Å². The van der Waals surface area contributed by atoms with Gasteiger partial charge in [0.2, 0.25) is 0 Å². The number of esters is 1. The number of hydrogen-bond donors (Lipinski definition) is 2. The second-order valence-electron chi connectivity index (χ2n) is 3.81. The standard InChI is InChI=1S/C10H16N4O2/c1-2-16-10(15)9-12-8(13-14-9)7-4-3-5-11-6-7/h7,11H,2-6H2,1H3,(H,12,13,14). The molecule has 0 saturated carbocycles. The Kier molecular flexibility index (Phi) is 3.51. The summed E-state index contributed by atoms with van der Waals surface area (Å²) in [6.07, 6.45) is 2.20. The van der Waals surface area contributed by atoms with Gasteiger partial charge < -0.3 is 10.1 Å². The Hall–Kier alpha value is -1.43. The van der Waals surface area contributed by atoms with Gasteiger partial charge in [-0.05, 0) is 26.3 Å². The molecular weight excluding hydrogens is 208 g/mol. The maximum absolute atomic E-state index is 11.4. The van der Waals surface area contributed by atoms with E-state index in [1.807, 2.05) is 0 Å². The number of ether oxygens (including phenoxy) is 1. The molecule has 1 aliphatic rings. The Balaban J connectivity index is 2.03. The molecule has 1 aromatic heterocycles. The van der Waals surface area contributed by atoms with Crippen LogP contribution in [0.2, 0.25) is 0 Å². The van der Waals surface area contributed by atoms with Crippen LogP contribution in [0.4, 0.5) is 0 Å². The summed E-state index contributed by atoms with van der Waals surface area (Å²) in [4.78, 5) is 15.5. The number of carbonyl (C=O) groups excluding carboxylic acids is 1. The van der Waals surface area contributed by atoms with Gasteiger partial charge in [0.1, 0.15) is 5.82 Å². The predicted octanol–water partition coefficient (Wildman–Crippen LogP) is 0.448. The van der Waals surface area contributed by atoms with Gasteiger partial charge in [0.25, 0.3) is 5.82 Å². The topological polar surface area (TPSA) is 79.9 Å². The van der Waals surface area contributed by atoms with Crippen LogP contribution < -0.4 is 5.32 Å². The van der Waals surface area contributed by atoms with Crippen molar-refractivity contribution in [3.8, 4) is 0 Å². The van der Waals surface area contributed by atoms with Crippen LogP contribution in [0, 0.1) is 0 Å². The molecule has 0 aliphatic carbocycles. The zero-order valence-corrected chi connectivity index (χ0v) is 9.32. The molecule has 6 heteroatoms. The first-order chi connectivity index (χ1) is 7.81. The number of nitrogens with zero attached hydrogens (tertiary/aromatic N) is 2. The summed E-state index contributed by atoms with van der Waals surface area (Å²) < 4.78 is 4.83. The van der Waals surface area contributed by atoms with Crippen LogP contribution in [0.5, 0.6) is 0 Å². The number of H-pyrrole nitrogens is 1. The molecule has 6 nitrogen and oxygen atoms in total. The zero-order valence-electron chi connectivity index (χ0n) is 9.32. The van der Waals surface area contributed by atoms with E-state index in [0.717, 1.165) is 31.8 Å². The highest BCUT2D eigenvalue weighted by molar-refractivity contribution is 5.84. The van der Waals surface area contributed by atoms with Gasteiger partial charge >= 0.3 is 5.97 Å². The van der Waals surface area contributed by atoms with Crippen LogP contribution in [-0.2, 0) is 4.74 Å². The van der Waals surface area contributed by atoms with Gasteiger partial charge in [0.05, 0.1) is 6.61 Å². The summed E-state index contributed by atoms with van der Waals surface area (Å²) in [7, 11) is 0. The maximum atomic E-state index is 11.4. The van der Waals surface area contributed by atoms with E-state index in [-0.39, 0.29) is 5.82 Å². The minimum atomic E-state index is -0.464. The fourth-order valence-corrected chi connectivity index (χ4v) is 1.83. The predicted molar refractivity (Wildman–Crippen MR) is 57.2 cm³/mol. The minimum absolute atomic E-state index is 0.127. The number of hydrogen-bond acceptors (Lipinski definition) is 5. The van der Waals surface area contributed by atoms with Crippen molar-refractivity contribution in [2.75, 3.05) is 19.7 Å². The molecule has 0 radical (unpaired) electrons. The lowest BCUT2D eigenvalue weighted by atomic mass is 9.99. The molecule has 1 aromatic rings. The second-order valence-corrected chi connectivity index (χ2v) is 3.81. The van der Waals surface area contributed by atoms with E-state index in [0.29, 0.717) is 12.5 Å². The van der Waals surface area contributed by atoms with Gasteiger partial charge in [-0.3, -0.25) is 5.10 Å². The molecule has 2 rings (SSSR count). The minimum Gasteiger partial charge on any atom is -0.460 e. The maximum Gasteiger partial charge on any atom is 0.378 e. The summed E-state index contributed by atoms with van der Waals surface area (Å²) in [5.74, 6) is 0.760. The van der Waals surface area contributed by atoms with Crippen molar-refractivity contribution in [2.45, 2.75) is 25.7 Å². The van der Waals surface area contributed by atoms with Gasteiger partial charge in [-0.1, -0.05) is 0 Å². The molecule has 2 heterocycles. The fourth-order valence-electron chi connectivity index (χ4n) is 1.83. The van der Waals surface area contributed by atoms with Crippen molar-refractivity contribution in [1.29, 1.82) is 0 Å². The average Bonchev–Trinajstić information content (AvgIpc) is 2.80. The second kappa shape index (κ2) is 5.07. The lowest BCUT2D eigenvalue weighted by Crippen LogP contribution is -2.29. The van der Waals surface area contributed by atoms with Crippen LogP contribution >= 0.6 is 0 Å². The molecule has 1 unspecified atom stereocenters. The molecule has 0 amide bonds. The molecule has 2 N–H and O–H groups in total. The molecule has 1 aliphatic heterocycles. The van der Waals surface area contributed by atoms with E-state index in [9.17, 15) is 4.79 Å². The van der Waals surface area contributed by atoms with Crippen molar-refractivity contribution in [3.05, 3.63) is 11.6 Å². The molecule has 1 fully saturated rings. The molecular formula is C10H16N4O2. The van der Waals surface area contributed by atoms with Crippen molar-refractivity contribution in [2.24, 2.45) is 0 Å². The summed E-state index contributed by atoms with van der Waals surface area (Å²) >= 11 is 0. The fraction of sp³-hybridized carbons (Fsp3) is 0.700. The van der Waals surface area contributed by atoms with E-state index in [4.69, 9.17) is 4.74 Å². The van der Waals surface area contributed by atoms with Gasteiger partial charge in [-0.25, -0.2) is 9.78 Å². The highest BCUT2D eigenvalue weighted by Gasteiger charge is 2.21. The van der Waals surface area contributed by atoms with Crippen molar-refractivity contribution in [1.82, 2.24) is 20.5 Å². The van der Waals surface area contributed by atoms with Crippen molar-refractivity contribution < 1.29 is 9.53 Å². The molecule has 0 spiro atoms. The Morgan fingerprint density at radius 1 is 1.62 bits per heavy atom. The van der Waals surface area contributed by atoms with Crippen molar-refractivity contribution in [3.63, 3.8) is 0 Å². The zero-order chi connectivity index (χ0) is 11.4. The first-order valence-electron chi connectivity index (χ1n) is 5.61. The lowest BCUT2D eigenvalue weighted by Gasteiger charge is -2.19. The lowest BCUT2D eigenvalue weighted by molar-refractivity contribution is 0.0512. The van der Waals surface area contributed by atoms with Gasteiger partial charge in [0.15, 0.2) is 0 Å². The first-order valence-corrected chi connectivity index (χ1v) is 5.61. The molecule has 1 atom stereocenters. The molecule has 1 saturated heterocycles. The molecule has 88 valence electrons. The summed E-state index contributed by atoms with van der Waals surface area (Å²) in [6.45, 7) is 4.04. The third kappa shape index (κ3) is 2.38. The Labute approximate surface area is 93.8 Å². The van der Waals surface area contributed by atoms with Crippen LogP contribution in [0.3, 0.4) is 0 Å². The van der Waals surface area contributed by atoms with E-state index in [1.54, 1.807) is 6.92 Å². The van der Waals surface area contributed by atoms with Crippen LogP contribution in [-0.4, -0.2) is 40.8 Å². The number of carbonyl (C=O) groups is 1. The normalized spacial score (nSPS) is 20.7. The smallest absolute Gasteiger partial charge is 0.378 e. The quantitative estimate of drug-likeness (QED) is 0.729. The molecule has 0 aromatic carbocycles. The van der Waals surface area contributed by atoms with E-state index < -0.39 is 5.97 Å². The van der Waals surface area contributed by atoms with E-state index in [2.05, 4.69) is 20.5 Å². The number of aromatic nitrogens is 3. The number of rotatable bonds is 3. The van der Waals surface area contributed by atoms with Crippen LogP contribution in [0.25, 0.3) is 0 Å². The Morgan fingerprint density at radius 3 is 3.19 bits per heavy atom. The van der Waals surface area contributed by atoms with Gasteiger partial charge in [0, 0.05) is 12.5 Å². The average molecular weight is 224 g/mol. The molecule has 16 heavy (non-hydrogen) atoms. The first kappa shape index (κ1) is 11.1. The monoisotopic (exact) mass is 224 g/mol. The highest BCUT2D eigenvalue weighted by atomic mass is 16.5. The Morgan fingerprint density at radius 2 is 2.50 bits per heavy atom.